The highest BCUT2D eigenvalue weighted by Crippen LogP contribution is 2.23. The van der Waals surface area contributed by atoms with Gasteiger partial charge in [-0.1, -0.05) is 54.2 Å². The molecule has 1 fully saturated rings. The summed E-state index contributed by atoms with van der Waals surface area (Å²) in [6, 6.07) is 16.6. The van der Waals surface area contributed by atoms with Gasteiger partial charge in [0, 0.05) is 26.2 Å². The molecule has 0 unspecified atom stereocenters. The van der Waals surface area contributed by atoms with Crippen molar-refractivity contribution in [2.75, 3.05) is 31.9 Å². The van der Waals surface area contributed by atoms with Crippen LogP contribution in [-0.4, -0.2) is 60.4 Å². The molecule has 0 radical (unpaired) electrons. The summed E-state index contributed by atoms with van der Waals surface area (Å²) in [6.45, 7) is 1.41. The van der Waals surface area contributed by atoms with Crippen LogP contribution in [0.2, 0.25) is 0 Å². The number of sulfonamides is 1. The van der Waals surface area contributed by atoms with Crippen molar-refractivity contribution >= 4 is 38.8 Å². The van der Waals surface area contributed by atoms with Gasteiger partial charge in [0.05, 0.1) is 11.5 Å². The fourth-order valence-electron chi connectivity index (χ4n) is 3.22. The van der Waals surface area contributed by atoms with Crippen LogP contribution < -0.4 is 0 Å². The summed E-state index contributed by atoms with van der Waals surface area (Å²) in [5.74, 6) is 0.149. The number of aromatic nitrogens is 1. The molecule has 29 heavy (non-hydrogen) atoms. The molecule has 9 heteroatoms. The highest BCUT2D eigenvalue weighted by molar-refractivity contribution is 7.99. The third-order valence-electron chi connectivity index (χ3n) is 4.77. The van der Waals surface area contributed by atoms with Gasteiger partial charge in [-0.2, -0.15) is 4.31 Å². The molecular formula is C20H21N3O4S2. The van der Waals surface area contributed by atoms with Gasteiger partial charge in [0.1, 0.15) is 5.52 Å². The standard InChI is InChI=1S/C20H21N3O4S2/c24-19(14-28-20-21-17-8-4-5-9-18(17)27-20)22-10-12-23(13-11-22)29(25,26)15-16-6-2-1-3-7-16/h1-9H,10-15H2. The van der Waals surface area contributed by atoms with Gasteiger partial charge >= 0.3 is 0 Å². The van der Waals surface area contributed by atoms with Crippen LogP contribution in [0.5, 0.6) is 0 Å². The molecule has 0 atom stereocenters. The van der Waals surface area contributed by atoms with Crippen molar-refractivity contribution in [2.24, 2.45) is 0 Å². The Morgan fingerprint density at radius 2 is 1.69 bits per heavy atom. The van der Waals surface area contributed by atoms with Crippen molar-refractivity contribution in [3.8, 4) is 0 Å². The molecule has 2 heterocycles. The number of oxazole rings is 1. The van der Waals surface area contributed by atoms with E-state index in [-0.39, 0.29) is 17.4 Å². The molecule has 1 saturated heterocycles. The summed E-state index contributed by atoms with van der Waals surface area (Å²) >= 11 is 1.26. The van der Waals surface area contributed by atoms with Crippen LogP contribution in [0, 0.1) is 0 Å². The smallest absolute Gasteiger partial charge is 0.257 e. The molecule has 4 rings (SSSR count). The van der Waals surface area contributed by atoms with Crippen LogP contribution in [0.1, 0.15) is 5.56 Å². The Morgan fingerprint density at radius 1 is 1.00 bits per heavy atom. The Hall–Kier alpha value is -2.36. The summed E-state index contributed by atoms with van der Waals surface area (Å²) in [4.78, 5) is 18.6. The number of benzene rings is 2. The minimum absolute atomic E-state index is 0.0185. The number of hydrogen-bond acceptors (Lipinski definition) is 6. The quantitative estimate of drug-likeness (QED) is 0.558. The number of hydrogen-bond donors (Lipinski definition) is 0. The number of thioether (sulfide) groups is 1. The summed E-state index contributed by atoms with van der Waals surface area (Å²) < 4.78 is 32.3. The van der Waals surface area contributed by atoms with Gasteiger partial charge < -0.3 is 9.32 Å². The first-order valence-electron chi connectivity index (χ1n) is 9.29. The lowest BCUT2D eigenvalue weighted by atomic mass is 10.2. The summed E-state index contributed by atoms with van der Waals surface area (Å²) in [7, 11) is -3.39. The van der Waals surface area contributed by atoms with E-state index >= 15 is 0 Å². The largest absolute Gasteiger partial charge is 0.431 e. The molecule has 3 aromatic rings. The fourth-order valence-corrected chi connectivity index (χ4v) is 5.48. The van der Waals surface area contributed by atoms with Crippen LogP contribution >= 0.6 is 11.8 Å². The average Bonchev–Trinajstić information content (AvgIpc) is 3.15. The molecule has 0 spiro atoms. The molecule has 0 N–H and O–H groups in total. The zero-order valence-electron chi connectivity index (χ0n) is 15.7. The first-order valence-corrected chi connectivity index (χ1v) is 11.9. The molecule has 0 saturated carbocycles. The van der Waals surface area contributed by atoms with Crippen LogP contribution in [-0.2, 0) is 20.6 Å². The SMILES string of the molecule is O=C(CSc1nc2ccccc2o1)N1CCN(S(=O)(=O)Cc2ccccc2)CC1. The molecule has 0 aliphatic carbocycles. The Labute approximate surface area is 173 Å². The maximum atomic E-state index is 12.6. The maximum Gasteiger partial charge on any atom is 0.257 e. The molecule has 1 aromatic heterocycles. The van der Waals surface area contributed by atoms with E-state index in [1.807, 2.05) is 42.5 Å². The minimum atomic E-state index is -3.39. The second-order valence-electron chi connectivity index (χ2n) is 6.76. The van der Waals surface area contributed by atoms with Gasteiger partial charge in [-0.05, 0) is 17.7 Å². The van der Waals surface area contributed by atoms with Crippen molar-refractivity contribution in [2.45, 2.75) is 11.0 Å². The number of carbonyl (C=O) groups excluding carboxylic acids is 1. The van der Waals surface area contributed by atoms with Gasteiger partial charge in [0.25, 0.3) is 5.22 Å². The van der Waals surface area contributed by atoms with Gasteiger partial charge in [-0.15, -0.1) is 0 Å². The Bertz CT molecular complexity index is 1060. The summed E-state index contributed by atoms with van der Waals surface area (Å²) in [5.41, 5.74) is 2.22. The predicted octanol–water partition coefficient (Wildman–Crippen LogP) is 2.59. The Balaban J connectivity index is 1.29. The van der Waals surface area contributed by atoms with E-state index in [1.54, 1.807) is 17.0 Å². The number of piperazine rings is 1. The fraction of sp³-hybridized carbons (Fsp3) is 0.300. The Morgan fingerprint density at radius 3 is 2.41 bits per heavy atom. The lowest BCUT2D eigenvalue weighted by molar-refractivity contribution is -0.129. The molecule has 152 valence electrons. The van der Waals surface area contributed by atoms with E-state index in [0.717, 1.165) is 11.1 Å². The molecule has 0 bridgehead atoms. The van der Waals surface area contributed by atoms with Crippen molar-refractivity contribution in [3.05, 3.63) is 60.2 Å². The minimum Gasteiger partial charge on any atom is -0.431 e. The third-order valence-corrected chi connectivity index (χ3v) is 7.43. The highest BCUT2D eigenvalue weighted by Gasteiger charge is 2.29. The molecule has 2 aromatic carbocycles. The molecule has 1 aliphatic rings. The number of carbonyl (C=O) groups is 1. The molecule has 1 amide bonds. The summed E-state index contributed by atoms with van der Waals surface area (Å²) in [6.07, 6.45) is 0. The topological polar surface area (TPSA) is 83.7 Å². The molecular weight excluding hydrogens is 410 g/mol. The van der Waals surface area contributed by atoms with Gasteiger partial charge in [0.15, 0.2) is 5.58 Å². The van der Waals surface area contributed by atoms with Crippen molar-refractivity contribution in [3.63, 3.8) is 0 Å². The van der Waals surface area contributed by atoms with Gasteiger partial charge in [0.2, 0.25) is 15.9 Å². The monoisotopic (exact) mass is 431 g/mol. The number of para-hydroxylation sites is 2. The molecule has 1 aliphatic heterocycles. The first kappa shape index (κ1) is 19.9. The van der Waals surface area contributed by atoms with E-state index < -0.39 is 10.0 Å². The average molecular weight is 432 g/mol. The van der Waals surface area contributed by atoms with Gasteiger partial charge in [-0.25, -0.2) is 13.4 Å². The normalized spacial score (nSPS) is 15.7. The number of fused-ring (bicyclic) bond motifs is 1. The number of nitrogens with zero attached hydrogens (tertiary/aromatic N) is 3. The zero-order valence-corrected chi connectivity index (χ0v) is 17.4. The second-order valence-corrected chi connectivity index (χ2v) is 9.65. The van der Waals surface area contributed by atoms with E-state index in [2.05, 4.69) is 4.98 Å². The molecule has 7 nitrogen and oxygen atoms in total. The van der Waals surface area contributed by atoms with Crippen LogP contribution in [0.3, 0.4) is 0 Å². The van der Waals surface area contributed by atoms with Crippen LogP contribution in [0.4, 0.5) is 0 Å². The van der Waals surface area contributed by atoms with E-state index in [1.165, 1.54) is 16.1 Å². The predicted molar refractivity (Wildman–Crippen MR) is 112 cm³/mol. The summed E-state index contributed by atoms with van der Waals surface area (Å²) in [5, 5.41) is 0.462. The van der Waals surface area contributed by atoms with E-state index in [0.29, 0.717) is 37.0 Å². The van der Waals surface area contributed by atoms with Gasteiger partial charge in [-0.3, -0.25) is 4.79 Å². The highest BCUT2D eigenvalue weighted by atomic mass is 32.2. The van der Waals surface area contributed by atoms with Crippen molar-refractivity contribution < 1.29 is 17.6 Å². The first-order chi connectivity index (χ1) is 14.0. The van der Waals surface area contributed by atoms with Crippen LogP contribution in [0.25, 0.3) is 11.1 Å². The number of rotatable bonds is 6. The van der Waals surface area contributed by atoms with Crippen molar-refractivity contribution in [1.29, 1.82) is 0 Å². The zero-order chi connectivity index (χ0) is 20.3. The Kier molecular flexibility index (Phi) is 5.89. The number of amides is 1. The van der Waals surface area contributed by atoms with E-state index in [9.17, 15) is 13.2 Å². The lowest BCUT2D eigenvalue weighted by Crippen LogP contribution is -2.51. The van der Waals surface area contributed by atoms with Crippen molar-refractivity contribution in [1.82, 2.24) is 14.2 Å². The lowest BCUT2D eigenvalue weighted by Gasteiger charge is -2.34. The van der Waals surface area contributed by atoms with Crippen LogP contribution in [0.15, 0.2) is 64.2 Å². The maximum absolute atomic E-state index is 12.6. The second kappa shape index (κ2) is 8.56. The van der Waals surface area contributed by atoms with E-state index in [4.69, 9.17) is 4.42 Å². The third kappa shape index (κ3) is 4.80.